The molecule has 3 unspecified atom stereocenters. The molecule has 262 valence electrons. The van der Waals surface area contributed by atoms with E-state index in [4.69, 9.17) is 4.74 Å². The summed E-state index contributed by atoms with van der Waals surface area (Å²) in [5.41, 5.74) is 0.394. The van der Waals surface area contributed by atoms with Gasteiger partial charge in [-0.3, -0.25) is 14.4 Å². The molecule has 5 saturated carbocycles. The molecule has 47 heavy (non-hydrogen) atoms. The lowest BCUT2D eigenvalue weighted by Gasteiger charge is -2.72. The van der Waals surface area contributed by atoms with Crippen molar-refractivity contribution in [2.75, 3.05) is 0 Å². The Kier molecular flexibility index (Phi) is 8.12. The van der Waals surface area contributed by atoms with E-state index >= 15 is 0 Å². The smallest absolute Gasteiger partial charge is 0.315 e. The number of carboxylic acids is 1. The highest BCUT2D eigenvalue weighted by atomic mass is 16.5. The van der Waals surface area contributed by atoms with E-state index < -0.39 is 22.9 Å². The molecular formula is C39H60N2O6. The molecule has 0 spiro atoms. The largest absolute Gasteiger partial charge is 0.481 e. The third-order valence-corrected chi connectivity index (χ3v) is 15.1. The lowest BCUT2D eigenvalue weighted by atomic mass is 9.33. The molecule has 8 atom stereocenters. The molecule has 8 heteroatoms. The van der Waals surface area contributed by atoms with Crippen LogP contribution >= 0.6 is 0 Å². The summed E-state index contributed by atoms with van der Waals surface area (Å²) in [7, 11) is 0. The second-order valence-corrected chi connectivity index (χ2v) is 18.9. The highest BCUT2D eigenvalue weighted by molar-refractivity contribution is 6.02. The number of ketones is 1. The van der Waals surface area contributed by atoms with Crippen LogP contribution in [0.3, 0.4) is 0 Å². The Morgan fingerprint density at radius 1 is 0.894 bits per heavy atom. The predicted molar refractivity (Wildman–Crippen MR) is 180 cm³/mol. The minimum absolute atomic E-state index is 0.00197. The highest BCUT2D eigenvalue weighted by Crippen LogP contribution is 2.76. The van der Waals surface area contributed by atoms with Crippen LogP contribution in [-0.2, 0) is 19.1 Å². The standard InChI is InChI=1S/C39H60N2O6/c1-22(2)30-25(42)20-39(41-33(46)40-23-10-11-23)19-18-37(8)24(31(30)39)12-13-27-36(7)16-15-28(47-29(43)21-34(3,4)32(44)45)35(5,6)26(36)14-17-38(27,37)9/h22-24,26-28H,10-21H2,1-9H3,(H,44,45)(H2,40,41,46)/t24?,26?,27?,28-,36-,37+,38+,39+/m0/s1. The number of esters is 1. The number of carbonyl (C=O) groups excluding carboxylic acids is 3. The molecule has 0 radical (unpaired) electrons. The Labute approximate surface area is 282 Å². The summed E-state index contributed by atoms with van der Waals surface area (Å²) in [6.45, 7) is 19.5. The number of carboxylic acid groups (broad SMARTS) is 1. The van der Waals surface area contributed by atoms with E-state index in [2.05, 4.69) is 59.1 Å². The van der Waals surface area contributed by atoms with Gasteiger partial charge in [-0.15, -0.1) is 0 Å². The van der Waals surface area contributed by atoms with Gasteiger partial charge in [0.1, 0.15) is 6.10 Å². The summed E-state index contributed by atoms with van der Waals surface area (Å²) >= 11 is 0. The van der Waals surface area contributed by atoms with E-state index in [0.29, 0.717) is 18.3 Å². The van der Waals surface area contributed by atoms with Crippen LogP contribution in [0.2, 0.25) is 0 Å². The highest BCUT2D eigenvalue weighted by Gasteiger charge is 2.70. The van der Waals surface area contributed by atoms with Crippen molar-refractivity contribution in [1.82, 2.24) is 10.6 Å². The summed E-state index contributed by atoms with van der Waals surface area (Å²) in [5, 5.41) is 16.1. The van der Waals surface area contributed by atoms with E-state index in [0.717, 1.165) is 69.8 Å². The fraction of sp³-hybridized carbons (Fsp3) is 0.846. The van der Waals surface area contributed by atoms with E-state index in [9.17, 15) is 24.3 Å². The zero-order valence-corrected chi connectivity index (χ0v) is 30.4. The summed E-state index contributed by atoms with van der Waals surface area (Å²) in [5.74, 6) is 0.0563. The van der Waals surface area contributed by atoms with Gasteiger partial charge in [0.25, 0.3) is 0 Å². The van der Waals surface area contributed by atoms with E-state index in [1.807, 2.05) is 0 Å². The number of rotatable bonds is 7. The fourth-order valence-electron chi connectivity index (χ4n) is 12.2. The fourth-order valence-corrected chi connectivity index (χ4v) is 12.2. The monoisotopic (exact) mass is 652 g/mol. The Balaban J connectivity index is 1.28. The van der Waals surface area contributed by atoms with Gasteiger partial charge in [-0.1, -0.05) is 48.5 Å². The number of aliphatic carboxylic acids is 1. The predicted octanol–water partition coefficient (Wildman–Crippen LogP) is 7.59. The van der Waals surface area contributed by atoms with Crippen molar-refractivity contribution in [3.63, 3.8) is 0 Å². The Morgan fingerprint density at radius 2 is 1.57 bits per heavy atom. The third kappa shape index (κ3) is 5.19. The quantitative estimate of drug-likeness (QED) is 0.244. The molecule has 6 rings (SSSR count). The number of amides is 2. The van der Waals surface area contributed by atoms with Gasteiger partial charge in [0.05, 0.1) is 17.4 Å². The van der Waals surface area contributed by atoms with Crippen molar-refractivity contribution in [1.29, 1.82) is 0 Å². The van der Waals surface area contributed by atoms with Crippen molar-refractivity contribution < 1.29 is 29.0 Å². The number of fused-ring (bicyclic) bond motifs is 7. The van der Waals surface area contributed by atoms with Crippen molar-refractivity contribution in [3.8, 4) is 0 Å². The van der Waals surface area contributed by atoms with Crippen LogP contribution in [-0.4, -0.2) is 46.5 Å². The van der Waals surface area contributed by atoms with Crippen LogP contribution in [0.15, 0.2) is 11.1 Å². The summed E-state index contributed by atoms with van der Waals surface area (Å²) < 4.78 is 6.14. The number of carbonyl (C=O) groups is 4. The number of hydrogen-bond acceptors (Lipinski definition) is 5. The summed E-state index contributed by atoms with van der Waals surface area (Å²) in [6, 6.07) is 0.143. The zero-order chi connectivity index (χ0) is 34.5. The third-order valence-electron chi connectivity index (χ3n) is 15.1. The number of allylic oxidation sites excluding steroid dienone is 1. The lowest BCUT2D eigenvalue weighted by molar-refractivity contribution is -0.232. The van der Waals surface area contributed by atoms with Crippen molar-refractivity contribution in [2.45, 2.75) is 157 Å². The van der Waals surface area contributed by atoms with Crippen LogP contribution in [0.4, 0.5) is 4.79 Å². The van der Waals surface area contributed by atoms with Crippen molar-refractivity contribution in [3.05, 3.63) is 11.1 Å². The molecule has 8 nitrogen and oxygen atoms in total. The molecule has 0 aromatic rings. The number of hydrogen-bond donors (Lipinski definition) is 3. The van der Waals surface area contributed by atoms with Crippen molar-refractivity contribution >= 4 is 23.8 Å². The average molecular weight is 653 g/mol. The molecule has 6 aliphatic carbocycles. The Bertz CT molecular complexity index is 1390. The van der Waals surface area contributed by atoms with Crippen LogP contribution < -0.4 is 10.6 Å². The first kappa shape index (κ1) is 34.5. The molecule has 0 aromatic heterocycles. The Morgan fingerprint density at radius 3 is 2.19 bits per heavy atom. The molecule has 0 saturated heterocycles. The molecule has 3 N–H and O–H groups in total. The second-order valence-electron chi connectivity index (χ2n) is 18.9. The number of ether oxygens (including phenoxy) is 1. The molecule has 6 aliphatic rings. The van der Waals surface area contributed by atoms with Crippen LogP contribution in [0, 0.1) is 50.7 Å². The number of Topliss-reactive ketones (excluding diaryl/α,β-unsaturated/α-hetero) is 1. The van der Waals surface area contributed by atoms with Gasteiger partial charge in [0, 0.05) is 17.9 Å². The van der Waals surface area contributed by atoms with Gasteiger partial charge in [0.15, 0.2) is 5.78 Å². The molecule has 2 amide bonds. The maximum atomic E-state index is 13.8. The van der Waals surface area contributed by atoms with Crippen LogP contribution in [0.5, 0.6) is 0 Å². The maximum Gasteiger partial charge on any atom is 0.315 e. The minimum Gasteiger partial charge on any atom is -0.481 e. The normalized spacial score (nSPS) is 40.9. The van der Waals surface area contributed by atoms with Crippen molar-refractivity contribution in [2.24, 2.45) is 50.7 Å². The van der Waals surface area contributed by atoms with Gasteiger partial charge in [0.2, 0.25) is 0 Å². The molecule has 0 heterocycles. The van der Waals surface area contributed by atoms with Gasteiger partial charge in [-0.25, -0.2) is 4.79 Å². The Hall–Kier alpha value is -2.38. The number of urea groups is 1. The second kappa shape index (κ2) is 11.1. The minimum atomic E-state index is -1.16. The van der Waals surface area contributed by atoms with E-state index in [1.54, 1.807) is 13.8 Å². The SMILES string of the molecule is CC(C)C1=C2C3CCC4[C@@]5(C)CC[C@H](OC(=O)CC(C)(C)C(=O)O)C(C)(C)C5CC[C@@]4(C)[C@]3(C)CC[C@@]2(NC(=O)NC2CC2)CC1=O. The molecule has 0 bridgehead atoms. The average Bonchev–Trinajstić information content (AvgIpc) is 3.70. The summed E-state index contributed by atoms with van der Waals surface area (Å²) in [4.78, 5) is 51.7. The first-order chi connectivity index (χ1) is 21.7. The van der Waals surface area contributed by atoms with Gasteiger partial charge in [-0.2, -0.15) is 0 Å². The first-order valence-electron chi connectivity index (χ1n) is 18.5. The number of nitrogens with one attached hydrogen (secondary N) is 2. The van der Waals surface area contributed by atoms with Crippen LogP contribution in [0.1, 0.15) is 139 Å². The van der Waals surface area contributed by atoms with Gasteiger partial charge < -0.3 is 20.5 Å². The molecular weight excluding hydrogens is 592 g/mol. The first-order valence-corrected chi connectivity index (χ1v) is 18.5. The van der Waals surface area contributed by atoms with Gasteiger partial charge in [-0.05, 0) is 129 Å². The van der Waals surface area contributed by atoms with Gasteiger partial charge >= 0.3 is 18.0 Å². The molecule has 0 aliphatic heterocycles. The molecule has 0 aromatic carbocycles. The maximum absolute atomic E-state index is 13.8. The lowest BCUT2D eigenvalue weighted by Crippen LogP contribution is -2.67. The zero-order valence-electron chi connectivity index (χ0n) is 30.4. The topological polar surface area (TPSA) is 122 Å². The summed E-state index contributed by atoms with van der Waals surface area (Å²) in [6.07, 6.45) is 9.88. The van der Waals surface area contributed by atoms with E-state index in [1.165, 1.54) is 5.57 Å². The van der Waals surface area contributed by atoms with Crippen LogP contribution in [0.25, 0.3) is 0 Å². The van der Waals surface area contributed by atoms with E-state index in [-0.39, 0.29) is 63.9 Å². The molecule has 5 fully saturated rings.